The smallest absolute Gasteiger partial charge is 0.123 e. The highest BCUT2D eigenvalue weighted by atomic mass is 32.2. The molecule has 0 N–H and O–H groups in total. The second-order valence-corrected chi connectivity index (χ2v) is 7.72. The van der Waals surface area contributed by atoms with E-state index in [-0.39, 0.29) is 11.6 Å². The zero-order valence-electron chi connectivity index (χ0n) is 14.9. The van der Waals surface area contributed by atoms with Gasteiger partial charge in [-0.25, -0.2) is 8.78 Å². The van der Waals surface area contributed by atoms with E-state index in [0.717, 1.165) is 36.8 Å². The Morgan fingerprint density at radius 3 is 1.52 bits per heavy atom. The molecule has 0 amide bonds. The monoisotopic (exact) mass is 362 g/mol. The van der Waals surface area contributed by atoms with Gasteiger partial charge in [0.15, 0.2) is 0 Å². The highest BCUT2D eigenvalue weighted by Gasteiger charge is 1.98. The van der Waals surface area contributed by atoms with Gasteiger partial charge in [0, 0.05) is 0 Å². The first-order valence-electron chi connectivity index (χ1n) is 9.31. The van der Waals surface area contributed by atoms with Crippen molar-refractivity contribution in [3.63, 3.8) is 0 Å². The molecule has 0 fully saturated rings. The standard InChI is InChI=1S/C22H28F2S/c23-21-13-7-11-19(17-21)9-3-1-5-15-25-16-6-2-4-10-20-12-8-14-22(24)18-20/h7-8,11-14,17-18H,1-6,9-10,15-16H2. The lowest BCUT2D eigenvalue weighted by Crippen LogP contribution is -1.90. The van der Waals surface area contributed by atoms with E-state index in [0.29, 0.717) is 0 Å². The first-order chi connectivity index (χ1) is 12.2. The molecular weight excluding hydrogens is 334 g/mol. The molecule has 0 saturated carbocycles. The minimum Gasteiger partial charge on any atom is -0.207 e. The van der Waals surface area contributed by atoms with Crippen molar-refractivity contribution in [1.82, 2.24) is 0 Å². The van der Waals surface area contributed by atoms with Crippen LogP contribution in [0.1, 0.15) is 49.7 Å². The minimum absolute atomic E-state index is 0.134. The molecule has 0 aliphatic rings. The molecule has 3 heteroatoms. The Bertz CT molecular complexity index is 559. The maximum absolute atomic E-state index is 13.1. The second-order valence-electron chi connectivity index (χ2n) is 6.49. The van der Waals surface area contributed by atoms with E-state index in [1.807, 2.05) is 23.9 Å². The van der Waals surface area contributed by atoms with Crippen molar-refractivity contribution in [2.75, 3.05) is 11.5 Å². The molecule has 0 heterocycles. The van der Waals surface area contributed by atoms with Crippen LogP contribution in [0.3, 0.4) is 0 Å². The molecule has 2 aromatic carbocycles. The van der Waals surface area contributed by atoms with Crippen molar-refractivity contribution < 1.29 is 8.78 Å². The third kappa shape index (κ3) is 9.06. The zero-order valence-corrected chi connectivity index (χ0v) is 15.7. The lowest BCUT2D eigenvalue weighted by Gasteiger charge is -2.04. The Balaban J connectivity index is 1.38. The van der Waals surface area contributed by atoms with Crippen molar-refractivity contribution in [2.45, 2.75) is 51.4 Å². The van der Waals surface area contributed by atoms with Gasteiger partial charge in [-0.2, -0.15) is 11.8 Å². The lowest BCUT2D eigenvalue weighted by atomic mass is 10.1. The Morgan fingerprint density at radius 1 is 0.600 bits per heavy atom. The fraction of sp³-hybridized carbons (Fsp3) is 0.455. The first kappa shape index (κ1) is 20.0. The maximum Gasteiger partial charge on any atom is 0.123 e. The second kappa shape index (κ2) is 12.1. The van der Waals surface area contributed by atoms with E-state index in [1.165, 1.54) is 49.3 Å². The molecule has 25 heavy (non-hydrogen) atoms. The van der Waals surface area contributed by atoms with Crippen molar-refractivity contribution in [2.24, 2.45) is 0 Å². The number of benzene rings is 2. The topological polar surface area (TPSA) is 0 Å². The predicted octanol–water partition coefficient (Wildman–Crippen LogP) is 6.82. The Labute approximate surface area is 155 Å². The number of hydrogen-bond acceptors (Lipinski definition) is 1. The van der Waals surface area contributed by atoms with E-state index in [2.05, 4.69) is 0 Å². The first-order valence-corrected chi connectivity index (χ1v) is 10.5. The van der Waals surface area contributed by atoms with Gasteiger partial charge in [-0.05, 0) is 85.4 Å². The summed E-state index contributed by atoms with van der Waals surface area (Å²) >= 11 is 2.03. The summed E-state index contributed by atoms with van der Waals surface area (Å²) < 4.78 is 26.1. The van der Waals surface area contributed by atoms with Gasteiger partial charge in [-0.15, -0.1) is 0 Å². The van der Waals surface area contributed by atoms with Gasteiger partial charge in [0.05, 0.1) is 0 Å². The number of aryl methyl sites for hydroxylation is 2. The molecule has 0 nitrogen and oxygen atoms in total. The molecule has 2 rings (SSSR count). The average Bonchev–Trinajstić information content (AvgIpc) is 2.60. The van der Waals surface area contributed by atoms with Crippen LogP contribution in [0.5, 0.6) is 0 Å². The summed E-state index contributed by atoms with van der Waals surface area (Å²) in [6.45, 7) is 0. The fourth-order valence-corrected chi connectivity index (χ4v) is 3.93. The van der Waals surface area contributed by atoms with E-state index in [1.54, 1.807) is 24.3 Å². The largest absolute Gasteiger partial charge is 0.207 e. The molecule has 0 bridgehead atoms. The van der Waals surface area contributed by atoms with Crippen molar-refractivity contribution in [3.05, 3.63) is 71.3 Å². The molecule has 0 aliphatic carbocycles. The van der Waals surface area contributed by atoms with Crippen LogP contribution in [0.15, 0.2) is 48.5 Å². The number of rotatable bonds is 12. The molecule has 0 radical (unpaired) electrons. The summed E-state index contributed by atoms with van der Waals surface area (Å²) in [5.41, 5.74) is 2.21. The van der Waals surface area contributed by atoms with Gasteiger partial charge >= 0.3 is 0 Å². The molecule has 136 valence electrons. The van der Waals surface area contributed by atoms with Crippen LogP contribution in [0.2, 0.25) is 0 Å². The van der Waals surface area contributed by atoms with Crippen molar-refractivity contribution >= 4 is 11.8 Å². The molecule has 0 unspecified atom stereocenters. The van der Waals surface area contributed by atoms with Crippen molar-refractivity contribution in [1.29, 1.82) is 0 Å². The van der Waals surface area contributed by atoms with Gasteiger partial charge in [0.25, 0.3) is 0 Å². The van der Waals surface area contributed by atoms with E-state index >= 15 is 0 Å². The number of hydrogen-bond donors (Lipinski definition) is 0. The van der Waals surface area contributed by atoms with Gasteiger partial charge in [-0.3, -0.25) is 0 Å². The normalized spacial score (nSPS) is 11.0. The summed E-state index contributed by atoms with van der Waals surface area (Å²) in [6, 6.07) is 13.8. The Kier molecular flexibility index (Phi) is 9.65. The third-order valence-electron chi connectivity index (χ3n) is 4.29. The molecule has 2 aromatic rings. The quantitative estimate of drug-likeness (QED) is 0.373. The fourth-order valence-electron chi connectivity index (χ4n) is 2.91. The molecular formula is C22H28F2S. The van der Waals surface area contributed by atoms with Gasteiger partial charge in [0.2, 0.25) is 0 Å². The number of thioether (sulfide) groups is 1. The van der Waals surface area contributed by atoms with E-state index in [9.17, 15) is 8.78 Å². The maximum atomic E-state index is 13.1. The van der Waals surface area contributed by atoms with Crippen LogP contribution in [0, 0.1) is 11.6 Å². The van der Waals surface area contributed by atoms with Crippen molar-refractivity contribution in [3.8, 4) is 0 Å². The molecule has 0 atom stereocenters. The minimum atomic E-state index is -0.134. The molecule has 0 saturated heterocycles. The zero-order chi connectivity index (χ0) is 17.7. The van der Waals surface area contributed by atoms with Gasteiger partial charge < -0.3 is 0 Å². The highest BCUT2D eigenvalue weighted by molar-refractivity contribution is 7.99. The SMILES string of the molecule is Fc1cccc(CCCCCSCCCCCc2cccc(F)c2)c1. The number of unbranched alkanes of at least 4 members (excludes halogenated alkanes) is 4. The van der Waals surface area contributed by atoms with E-state index in [4.69, 9.17) is 0 Å². The van der Waals surface area contributed by atoms with Crippen LogP contribution in [-0.2, 0) is 12.8 Å². The van der Waals surface area contributed by atoms with Crippen LogP contribution in [0.25, 0.3) is 0 Å². The van der Waals surface area contributed by atoms with E-state index < -0.39 is 0 Å². The van der Waals surface area contributed by atoms with Crippen LogP contribution in [-0.4, -0.2) is 11.5 Å². The van der Waals surface area contributed by atoms with Crippen LogP contribution in [0.4, 0.5) is 8.78 Å². The highest BCUT2D eigenvalue weighted by Crippen LogP contribution is 2.14. The summed E-state index contributed by atoms with van der Waals surface area (Å²) in [6.07, 6.45) is 9.12. The summed E-state index contributed by atoms with van der Waals surface area (Å²) in [5.74, 6) is 2.16. The number of halogens is 2. The van der Waals surface area contributed by atoms with Gasteiger partial charge in [-0.1, -0.05) is 37.1 Å². The summed E-state index contributed by atoms with van der Waals surface area (Å²) in [5, 5.41) is 0. The summed E-state index contributed by atoms with van der Waals surface area (Å²) in [4.78, 5) is 0. The van der Waals surface area contributed by atoms with Crippen LogP contribution < -0.4 is 0 Å². The molecule has 0 spiro atoms. The Morgan fingerprint density at radius 2 is 1.08 bits per heavy atom. The lowest BCUT2D eigenvalue weighted by molar-refractivity contribution is 0.623. The van der Waals surface area contributed by atoms with Gasteiger partial charge in [0.1, 0.15) is 11.6 Å². The molecule has 0 aromatic heterocycles. The Hall–Kier alpha value is -1.35. The van der Waals surface area contributed by atoms with Crippen LogP contribution >= 0.6 is 11.8 Å². The predicted molar refractivity (Wildman–Crippen MR) is 105 cm³/mol. The molecule has 0 aliphatic heterocycles. The third-order valence-corrected chi connectivity index (χ3v) is 5.44. The average molecular weight is 363 g/mol. The summed E-state index contributed by atoms with van der Waals surface area (Å²) in [7, 11) is 0.